The Morgan fingerprint density at radius 1 is 1.04 bits per heavy atom. The standard InChI is InChI=1S/C20H19FN4O2/c1-14(26)15-5-6-17(16(21)12-15)23-8-10-24(11-9-23)19-13-20(27)25-7-3-2-4-18(25)22-19/h2-7,12-13H,8-11H2,1H3. The van der Waals surface area contributed by atoms with Gasteiger partial charge < -0.3 is 9.80 Å². The highest BCUT2D eigenvalue weighted by atomic mass is 19.1. The predicted molar refractivity (Wildman–Crippen MR) is 102 cm³/mol. The molecule has 3 aromatic rings. The first-order chi connectivity index (χ1) is 13.0. The van der Waals surface area contributed by atoms with Gasteiger partial charge in [-0.3, -0.25) is 14.0 Å². The number of ketones is 1. The maximum atomic E-state index is 14.4. The summed E-state index contributed by atoms with van der Waals surface area (Å²) in [6, 6.07) is 11.6. The van der Waals surface area contributed by atoms with E-state index in [1.54, 1.807) is 30.5 Å². The molecule has 0 amide bonds. The van der Waals surface area contributed by atoms with Crippen molar-refractivity contribution >= 4 is 22.9 Å². The monoisotopic (exact) mass is 366 g/mol. The summed E-state index contributed by atoms with van der Waals surface area (Å²) in [6.45, 7) is 3.89. The van der Waals surface area contributed by atoms with Crippen LogP contribution >= 0.6 is 0 Å². The number of Topliss-reactive ketones (excluding diaryl/α,β-unsaturated/α-hetero) is 1. The zero-order chi connectivity index (χ0) is 19.0. The summed E-state index contributed by atoms with van der Waals surface area (Å²) in [6.07, 6.45) is 1.69. The van der Waals surface area contributed by atoms with E-state index in [4.69, 9.17) is 0 Å². The molecule has 0 N–H and O–H groups in total. The number of benzene rings is 1. The lowest BCUT2D eigenvalue weighted by atomic mass is 10.1. The van der Waals surface area contributed by atoms with Crippen molar-refractivity contribution in [2.45, 2.75) is 6.92 Å². The summed E-state index contributed by atoms with van der Waals surface area (Å²) in [5.74, 6) is 0.0930. The largest absolute Gasteiger partial charge is 0.366 e. The zero-order valence-electron chi connectivity index (χ0n) is 14.9. The van der Waals surface area contributed by atoms with Crippen LogP contribution in [-0.4, -0.2) is 41.3 Å². The highest BCUT2D eigenvalue weighted by molar-refractivity contribution is 5.94. The molecule has 1 aliphatic heterocycles. The Balaban J connectivity index is 1.53. The Morgan fingerprint density at radius 2 is 1.78 bits per heavy atom. The van der Waals surface area contributed by atoms with Gasteiger partial charge in [0.1, 0.15) is 17.3 Å². The molecule has 0 aliphatic carbocycles. The van der Waals surface area contributed by atoms with Gasteiger partial charge in [-0.05, 0) is 37.3 Å². The number of carbonyl (C=O) groups excluding carboxylic acids is 1. The summed E-state index contributed by atoms with van der Waals surface area (Å²) in [7, 11) is 0. The van der Waals surface area contributed by atoms with E-state index in [9.17, 15) is 14.0 Å². The molecule has 0 unspecified atom stereocenters. The molecule has 1 aliphatic rings. The highest BCUT2D eigenvalue weighted by Crippen LogP contribution is 2.23. The molecule has 3 heterocycles. The van der Waals surface area contributed by atoms with Gasteiger partial charge in [0.2, 0.25) is 0 Å². The van der Waals surface area contributed by atoms with E-state index >= 15 is 0 Å². The highest BCUT2D eigenvalue weighted by Gasteiger charge is 2.21. The second kappa shape index (κ2) is 6.83. The molecule has 0 radical (unpaired) electrons. The van der Waals surface area contributed by atoms with E-state index in [0.717, 1.165) is 0 Å². The van der Waals surface area contributed by atoms with Gasteiger partial charge in [0.05, 0.1) is 5.69 Å². The third-order valence-electron chi connectivity index (χ3n) is 4.86. The van der Waals surface area contributed by atoms with Gasteiger partial charge in [-0.15, -0.1) is 0 Å². The van der Waals surface area contributed by atoms with Crippen LogP contribution in [0.4, 0.5) is 15.9 Å². The van der Waals surface area contributed by atoms with E-state index in [-0.39, 0.29) is 11.3 Å². The number of nitrogens with zero attached hydrogens (tertiary/aromatic N) is 4. The third-order valence-corrected chi connectivity index (χ3v) is 4.86. The quantitative estimate of drug-likeness (QED) is 0.666. The van der Waals surface area contributed by atoms with Gasteiger partial charge in [-0.1, -0.05) is 6.07 Å². The molecule has 6 nitrogen and oxygen atoms in total. The first-order valence-electron chi connectivity index (χ1n) is 8.82. The van der Waals surface area contributed by atoms with Crippen LogP contribution in [0.3, 0.4) is 0 Å². The minimum atomic E-state index is -0.391. The lowest BCUT2D eigenvalue weighted by molar-refractivity contribution is 0.101. The molecule has 2 aromatic heterocycles. The van der Waals surface area contributed by atoms with Gasteiger partial charge in [0, 0.05) is 44.0 Å². The van der Waals surface area contributed by atoms with Crippen molar-refractivity contribution < 1.29 is 9.18 Å². The molecular formula is C20H19FN4O2. The summed E-state index contributed by atoms with van der Waals surface area (Å²) < 4.78 is 15.9. The number of rotatable bonds is 3. The van der Waals surface area contributed by atoms with E-state index < -0.39 is 5.82 Å². The molecule has 1 saturated heterocycles. The topological polar surface area (TPSA) is 57.9 Å². The van der Waals surface area contributed by atoms with Crippen molar-refractivity contribution in [3.63, 3.8) is 0 Å². The van der Waals surface area contributed by atoms with Crippen molar-refractivity contribution in [1.29, 1.82) is 0 Å². The Kier molecular flexibility index (Phi) is 4.35. The van der Waals surface area contributed by atoms with Crippen LogP contribution in [0.25, 0.3) is 5.65 Å². The number of pyridine rings is 1. The molecule has 7 heteroatoms. The van der Waals surface area contributed by atoms with Crippen LogP contribution < -0.4 is 15.4 Å². The normalized spacial score (nSPS) is 14.6. The lowest BCUT2D eigenvalue weighted by Gasteiger charge is -2.36. The fourth-order valence-electron chi connectivity index (χ4n) is 3.36. The molecule has 0 spiro atoms. The van der Waals surface area contributed by atoms with Gasteiger partial charge >= 0.3 is 0 Å². The number of hydrogen-bond acceptors (Lipinski definition) is 5. The second-order valence-corrected chi connectivity index (χ2v) is 6.58. The average Bonchev–Trinajstić information content (AvgIpc) is 2.68. The van der Waals surface area contributed by atoms with Crippen molar-refractivity contribution in [3.05, 3.63) is 70.4 Å². The maximum absolute atomic E-state index is 14.4. The second-order valence-electron chi connectivity index (χ2n) is 6.58. The predicted octanol–water partition coefficient (Wildman–Crippen LogP) is 2.36. The average molecular weight is 366 g/mol. The molecule has 1 fully saturated rings. The molecule has 0 bridgehead atoms. The van der Waals surface area contributed by atoms with E-state index in [1.165, 1.54) is 23.5 Å². The lowest BCUT2D eigenvalue weighted by Crippen LogP contribution is -2.47. The Hall–Kier alpha value is -3.22. The fraction of sp³-hybridized carbons (Fsp3) is 0.250. The molecule has 138 valence electrons. The first kappa shape index (κ1) is 17.2. The fourth-order valence-corrected chi connectivity index (χ4v) is 3.36. The van der Waals surface area contributed by atoms with Crippen molar-refractivity contribution in [3.8, 4) is 0 Å². The van der Waals surface area contributed by atoms with E-state index in [1.807, 2.05) is 15.9 Å². The minimum absolute atomic E-state index is 0.121. The number of fused-ring (bicyclic) bond motifs is 1. The van der Waals surface area contributed by atoms with Crippen LogP contribution in [0.5, 0.6) is 0 Å². The molecule has 0 saturated carbocycles. The number of anilines is 2. The number of hydrogen-bond donors (Lipinski definition) is 0. The summed E-state index contributed by atoms with van der Waals surface area (Å²) in [4.78, 5) is 32.2. The molecule has 1 aromatic carbocycles. The van der Waals surface area contributed by atoms with Crippen LogP contribution in [0.15, 0.2) is 53.5 Å². The van der Waals surface area contributed by atoms with E-state index in [2.05, 4.69) is 4.98 Å². The van der Waals surface area contributed by atoms with Gasteiger partial charge in [0.15, 0.2) is 5.78 Å². The van der Waals surface area contributed by atoms with Gasteiger partial charge in [-0.25, -0.2) is 9.37 Å². The van der Waals surface area contributed by atoms with Crippen molar-refractivity contribution in [2.75, 3.05) is 36.0 Å². The van der Waals surface area contributed by atoms with Gasteiger partial charge in [-0.2, -0.15) is 0 Å². The van der Waals surface area contributed by atoms with Crippen LogP contribution in [0.1, 0.15) is 17.3 Å². The molecule has 0 atom stereocenters. The minimum Gasteiger partial charge on any atom is -0.366 e. The van der Waals surface area contributed by atoms with Crippen molar-refractivity contribution in [1.82, 2.24) is 9.38 Å². The van der Waals surface area contributed by atoms with Crippen LogP contribution in [-0.2, 0) is 0 Å². The van der Waals surface area contributed by atoms with Crippen LogP contribution in [0.2, 0.25) is 0 Å². The third kappa shape index (κ3) is 3.28. The number of carbonyl (C=O) groups is 1. The molecule has 4 rings (SSSR count). The zero-order valence-corrected chi connectivity index (χ0v) is 14.9. The first-order valence-corrected chi connectivity index (χ1v) is 8.82. The Labute approximate surface area is 155 Å². The van der Waals surface area contributed by atoms with Gasteiger partial charge in [0.25, 0.3) is 5.56 Å². The Bertz CT molecular complexity index is 1070. The molecule has 27 heavy (non-hydrogen) atoms. The number of piperazine rings is 1. The van der Waals surface area contributed by atoms with Crippen molar-refractivity contribution in [2.24, 2.45) is 0 Å². The Morgan fingerprint density at radius 3 is 2.48 bits per heavy atom. The summed E-state index contributed by atoms with van der Waals surface area (Å²) in [5.41, 5.74) is 1.35. The summed E-state index contributed by atoms with van der Waals surface area (Å²) in [5, 5.41) is 0. The SMILES string of the molecule is CC(=O)c1ccc(N2CCN(c3cc(=O)n4ccccc4n3)CC2)c(F)c1. The smallest absolute Gasteiger partial charge is 0.259 e. The maximum Gasteiger partial charge on any atom is 0.259 e. The van der Waals surface area contributed by atoms with Crippen LogP contribution in [0, 0.1) is 5.82 Å². The summed E-state index contributed by atoms with van der Waals surface area (Å²) >= 11 is 0. The number of halogens is 1. The number of aromatic nitrogens is 2. The molecular weight excluding hydrogens is 347 g/mol. The van der Waals surface area contributed by atoms with E-state index in [0.29, 0.717) is 48.9 Å².